The van der Waals surface area contributed by atoms with Crippen LogP contribution in [-0.4, -0.2) is 36.2 Å². The van der Waals surface area contributed by atoms with Crippen molar-refractivity contribution in [3.8, 4) is 0 Å². The molecule has 1 fully saturated rings. The molecular formula is C13H23NO4. The standard InChI is InChI=1S/C13H23NO4/c1-2-18-9-8-12(15)14-11-7-5-3-4-6-10(11)13(16)17/h10-11H,2-9H2,1H3,(H,14,15)(H,16,17). The minimum atomic E-state index is -0.799. The van der Waals surface area contributed by atoms with Crippen LogP contribution in [0.1, 0.15) is 45.4 Å². The van der Waals surface area contributed by atoms with Gasteiger partial charge in [0.05, 0.1) is 12.5 Å². The van der Waals surface area contributed by atoms with Crippen molar-refractivity contribution >= 4 is 11.9 Å². The molecule has 0 bridgehead atoms. The highest BCUT2D eigenvalue weighted by atomic mass is 16.5. The molecule has 5 heteroatoms. The molecule has 18 heavy (non-hydrogen) atoms. The Morgan fingerprint density at radius 3 is 2.67 bits per heavy atom. The van der Waals surface area contributed by atoms with Gasteiger partial charge >= 0.3 is 5.97 Å². The second-order valence-corrected chi connectivity index (χ2v) is 4.70. The minimum Gasteiger partial charge on any atom is -0.481 e. The molecule has 104 valence electrons. The Morgan fingerprint density at radius 2 is 2.00 bits per heavy atom. The molecule has 2 atom stereocenters. The fraction of sp³-hybridized carbons (Fsp3) is 0.846. The first-order chi connectivity index (χ1) is 8.65. The fourth-order valence-corrected chi connectivity index (χ4v) is 2.36. The Labute approximate surface area is 108 Å². The van der Waals surface area contributed by atoms with E-state index in [1.54, 1.807) is 0 Å². The number of carboxylic acids is 1. The van der Waals surface area contributed by atoms with Gasteiger partial charge in [-0.25, -0.2) is 0 Å². The largest absolute Gasteiger partial charge is 0.481 e. The number of rotatable bonds is 6. The van der Waals surface area contributed by atoms with Crippen LogP contribution >= 0.6 is 0 Å². The van der Waals surface area contributed by atoms with Crippen LogP contribution in [0.4, 0.5) is 0 Å². The second kappa shape index (κ2) is 8.08. The fourth-order valence-electron chi connectivity index (χ4n) is 2.36. The van der Waals surface area contributed by atoms with Crippen LogP contribution in [0.3, 0.4) is 0 Å². The summed E-state index contributed by atoms with van der Waals surface area (Å²) in [7, 11) is 0. The summed E-state index contributed by atoms with van der Waals surface area (Å²) in [6.07, 6.45) is 4.69. The molecule has 1 saturated carbocycles. The number of hydrogen-bond donors (Lipinski definition) is 2. The predicted octanol–water partition coefficient (Wildman–Crippen LogP) is 1.56. The SMILES string of the molecule is CCOCCC(=O)NC1CCCCCC1C(=O)O. The van der Waals surface area contributed by atoms with E-state index >= 15 is 0 Å². The number of aliphatic carboxylic acids is 1. The van der Waals surface area contributed by atoms with Crippen LogP contribution in [0.25, 0.3) is 0 Å². The van der Waals surface area contributed by atoms with Crippen LogP contribution in [0.15, 0.2) is 0 Å². The molecule has 0 heterocycles. The lowest BCUT2D eigenvalue weighted by molar-refractivity contribution is -0.143. The lowest BCUT2D eigenvalue weighted by Gasteiger charge is -2.22. The summed E-state index contributed by atoms with van der Waals surface area (Å²) in [5.41, 5.74) is 0. The molecule has 0 saturated heterocycles. The van der Waals surface area contributed by atoms with E-state index in [1.165, 1.54) is 0 Å². The van der Waals surface area contributed by atoms with Crippen molar-refractivity contribution in [3.05, 3.63) is 0 Å². The van der Waals surface area contributed by atoms with Gasteiger partial charge in [-0.1, -0.05) is 19.3 Å². The van der Waals surface area contributed by atoms with Crippen LogP contribution < -0.4 is 5.32 Å². The minimum absolute atomic E-state index is 0.110. The van der Waals surface area contributed by atoms with E-state index in [4.69, 9.17) is 4.74 Å². The van der Waals surface area contributed by atoms with Gasteiger partial charge in [0, 0.05) is 19.1 Å². The van der Waals surface area contributed by atoms with E-state index in [-0.39, 0.29) is 11.9 Å². The van der Waals surface area contributed by atoms with E-state index in [0.717, 1.165) is 25.7 Å². The number of amides is 1. The third-order valence-electron chi connectivity index (χ3n) is 3.36. The first-order valence-corrected chi connectivity index (χ1v) is 6.75. The van der Waals surface area contributed by atoms with E-state index in [0.29, 0.717) is 26.1 Å². The molecule has 1 rings (SSSR count). The zero-order valence-electron chi connectivity index (χ0n) is 11.0. The molecule has 5 nitrogen and oxygen atoms in total. The van der Waals surface area contributed by atoms with Gasteiger partial charge in [0.2, 0.25) is 5.91 Å². The van der Waals surface area contributed by atoms with Crippen molar-refractivity contribution in [2.75, 3.05) is 13.2 Å². The number of nitrogens with one attached hydrogen (secondary N) is 1. The summed E-state index contributed by atoms with van der Waals surface area (Å²) >= 11 is 0. The first-order valence-electron chi connectivity index (χ1n) is 6.75. The molecular weight excluding hydrogens is 234 g/mol. The third-order valence-corrected chi connectivity index (χ3v) is 3.36. The highest BCUT2D eigenvalue weighted by Crippen LogP contribution is 2.23. The Bertz CT molecular complexity index is 280. The van der Waals surface area contributed by atoms with Gasteiger partial charge in [-0.2, -0.15) is 0 Å². The van der Waals surface area contributed by atoms with Gasteiger partial charge in [0.1, 0.15) is 0 Å². The van der Waals surface area contributed by atoms with Crippen LogP contribution in [-0.2, 0) is 14.3 Å². The molecule has 0 aromatic heterocycles. The zero-order chi connectivity index (χ0) is 13.4. The average Bonchev–Trinajstić information content (AvgIpc) is 2.55. The highest BCUT2D eigenvalue weighted by Gasteiger charge is 2.30. The quantitative estimate of drug-likeness (QED) is 0.559. The molecule has 0 aromatic rings. The monoisotopic (exact) mass is 257 g/mol. The summed E-state index contributed by atoms with van der Waals surface area (Å²) in [5.74, 6) is -1.35. The Kier molecular flexibility index (Phi) is 6.72. The van der Waals surface area contributed by atoms with Crippen molar-refractivity contribution in [2.24, 2.45) is 5.92 Å². The van der Waals surface area contributed by atoms with Gasteiger partial charge in [0.25, 0.3) is 0 Å². The lowest BCUT2D eigenvalue weighted by atomic mass is 9.95. The van der Waals surface area contributed by atoms with Gasteiger partial charge in [0.15, 0.2) is 0 Å². The molecule has 0 radical (unpaired) electrons. The molecule has 1 aliphatic carbocycles. The van der Waals surface area contributed by atoms with Crippen molar-refractivity contribution in [1.29, 1.82) is 0 Å². The number of carbonyl (C=O) groups excluding carboxylic acids is 1. The van der Waals surface area contributed by atoms with E-state index in [9.17, 15) is 14.7 Å². The summed E-state index contributed by atoms with van der Waals surface area (Å²) < 4.78 is 5.12. The molecule has 0 aliphatic heterocycles. The zero-order valence-corrected chi connectivity index (χ0v) is 11.0. The van der Waals surface area contributed by atoms with Crippen molar-refractivity contribution in [3.63, 3.8) is 0 Å². The van der Waals surface area contributed by atoms with E-state index in [1.807, 2.05) is 6.92 Å². The lowest BCUT2D eigenvalue weighted by Crippen LogP contribution is -2.43. The second-order valence-electron chi connectivity index (χ2n) is 4.70. The number of carboxylic acid groups (broad SMARTS) is 1. The van der Waals surface area contributed by atoms with Crippen LogP contribution in [0.5, 0.6) is 0 Å². The normalized spacial score (nSPS) is 24.3. The first kappa shape index (κ1) is 15.0. The summed E-state index contributed by atoms with van der Waals surface area (Å²) in [6, 6.07) is -0.223. The maximum absolute atomic E-state index is 11.7. The average molecular weight is 257 g/mol. The van der Waals surface area contributed by atoms with Gasteiger partial charge in [-0.15, -0.1) is 0 Å². The molecule has 1 amide bonds. The third kappa shape index (κ3) is 5.04. The Hall–Kier alpha value is -1.10. The molecule has 1 aliphatic rings. The van der Waals surface area contributed by atoms with Gasteiger partial charge in [-0.05, 0) is 19.8 Å². The van der Waals surface area contributed by atoms with Crippen molar-refractivity contribution in [2.45, 2.75) is 51.5 Å². The highest BCUT2D eigenvalue weighted by molar-refractivity contribution is 5.78. The van der Waals surface area contributed by atoms with Crippen LogP contribution in [0, 0.1) is 5.92 Å². The molecule has 0 aromatic carbocycles. The predicted molar refractivity (Wildman–Crippen MR) is 67.3 cm³/mol. The maximum Gasteiger partial charge on any atom is 0.308 e. The van der Waals surface area contributed by atoms with Gasteiger partial charge < -0.3 is 15.2 Å². The maximum atomic E-state index is 11.7. The smallest absolute Gasteiger partial charge is 0.308 e. The Morgan fingerprint density at radius 1 is 1.28 bits per heavy atom. The number of carbonyl (C=O) groups is 2. The Balaban J connectivity index is 2.44. The van der Waals surface area contributed by atoms with Crippen LogP contribution in [0.2, 0.25) is 0 Å². The summed E-state index contributed by atoms with van der Waals surface area (Å²) in [5, 5.41) is 12.0. The van der Waals surface area contributed by atoms with E-state index in [2.05, 4.69) is 5.32 Å². The van der Waals surface area contributed by atoms with Crippen molar-refractivity contribution in [1.82, 2.24) is 5.32 Å². The molecule has 2 unspecified atom stereocenters. The summed E-state index contributed by atoms with van der Waals surface area (Å²) in [4.78, 5) is 22.9. The van der Waals surface area contributed by atoms with Gasteiger partial charge in [-0.3, -0.25) is 9.59 Å². The van der Waals surface area contributed by atoms with E-state index < -0.39 is 11.9 Å². The van der Waals surface area contributed by atoms with Crippen molar-refractivity contribution < 1.29 is 19.4 Å². The number of ether oxygens (including phenoxy) is 1. The number of hydrogen-bond acceptors (Lipinski definition) is 3. The molecule has 0 spiro atoms. The molecule has 2 N–H and O–H groups in total. The summed E-state index contributed by atoms with van der Waals surface area (Å²) in [6.45, 7) is 2.87. The topological polar surface area (TPSA) is 75.6 Å².